The van der Waals surface area contributed by atoms with Crippen LogP contribution in [0.15, 0.2) is 48.5 Å². The van der Waals surface area contributed by atoms with Gasteiger partial charge in [-0.25, -0.2) is 0 Å². The predicted octanol–water partition coefficient (Wildman–Crippen LogP) is 5.12. The third kappa shape index (κ3) is 4.15. The molecule has 0 heterocycles. The number of hydrogen-bond donors (Lipinski definition) is 0. The van der Waals surface area contributed by atoms with Gasteiger partial charge in [0.05, 0.1) is 5.56 Å². The number of carbonyl (C=O) groups excluding carboxylic acids is 1. The second-order valence-corrected chi connectivity index (χ2v) is 6.83. The van der Waals surface area contributed by atoms with Gasteiger partial charge < -0.3 is 4.90 Å². The van der Waals surface area contributed by atoms with Crippen LogP contribution in [0.2, 0.25) is 5.02 Å². The van der Waals surface area contributed by atoms with Crippen LogP contribution in [-0.4, -0.2) is 17.9 Å². The fourth-order valence-corrected chi connectivity index (χ4v) is 3.24. The number of nitrogens with zero attached hydrogens (tertiary/aromatic N) is 1. The molecule has 0 saturated heterocycles. The Labute approximate surface area is 149 Å². The van der Waals surface area contributed by atoms with Gasteiger partial charge in [0.15, 0.2) is 0 Å². The highest BCUT2D eigenvalue weighted by atomic mass is 35.5. The zero-order valence-corrected chi connectivity index (χ0v) is 14.3. The minimum atomic E-state index is -4.34. The van der Waals surface area contributed by atoms with Crippen molar-refractivity contribution >= 4 is 17.5 Å². The molecule has 0 aromatic heterocycles. The molecule has 0 radical (unpaired) electrons. The van der Waals surface area contributed by atoms with Gasteiger partial charge in [0.25, 0.3) is 0 Å². The Hall–Kier alpha value is -2.01. The van der Waals surface area contributed by atoms with E-state index in [0.717, 1.165) is 23.3 Å². The van der Waals surface area contributed by atoms with E-state index in [1.54, 1.807) is 18.0 Å². The van der Waals surface area contributed by atoms with Crippen LogP contribution in [-0.2, 0) is 17.5 Å². The van der Waals surface area contributed by atoms with Crippen molar-refractivity contribution in [3.05, 3.63) is 70.2 Å². The van der Waals surface area contributed by atoms with Gasteiger partial charge in [-0.15, -0.1) is 0 Å². The molecule has 2 aromatic rings. The minimum Gasteiger partial charge on any atom is -0.341 e. The van der Waals surface area contributed by atoms with E-state index in [1.807, 2.05) is 18.2 Å². The Bertz CT molecular complexity index is 773. The lowest BCUT2D eigenvalue weighted by Gasteiger charge is -2.17. The van der Waals surface area contributed by atoms with E-state index >= 15 is 0 Å². The third-order valence-electron chi connectivity index (χ3n) is 4.46. The second kappa shape index (κ2) is 6.71. The Kier molecular flexibility index (Phi) is 4.78. The zero-order chi connectivity index (χ0) is 18.2. The summed E-state index contributed by atoms with van der Waals surface area (Å²) in [5.74, 6) is -0.164. The van der Waals surface area contributed by atoms with E-state index in [1.165, 1.54) is 12.1 Å². The maximum atomic E-state index is 12.6. The Morgan fingerprint density at radius 1 is 1.20 bits per heavy atom. The minimum absolute atomic E-state index is 0.00315. The van der Waals surface area contributed by atoms with Crippen LogP contribution in [0.5, 0.6) is 0 Å². The molecule has 25 heavy (non-hydrogen) atoms. The summed E-state index contributed by atoms with van der Waals surface area (Å²) in [6.45, 7) is 0.454. The lowest BCUT2D eigenvalue weighted by atomic mass is 10.1. The standard InChI is InChI=1S/C19H17ClF3NO/c1-24(11-12-3-2-4-15(20)9-12)18(25)17-10-16(17)13-5-7-14(8-6-13)19(21,22)23/h2-9,16-17H,10-11H2,1H3. The molecular weight excluding hydrogens is 351 g/mol. The van der Waals surface area contributed by atoms with E-state index in [-0.39, 0.29) is 17.7 Å². The second-order valence-electron chi connectivity index (χ2n) is 6.39. The molecule has 1 saturated carbocycles. The normalized spacial score (nSPS) is 19.6. The van der Waals surface area contributed by atoms with Crippen molar-refractivity contribution in [3.8, 4) is 0 Å². The van der Waals surface area contributed by atoms with Crippen molar-refractivity contribution in [2.24, 2.45) is 5.92 Å². The molecule has 1 aliphatic carbocycles. The van der Waals surface area contributed by atoms with Crippen LogP contribution >= 0.6 is 11.6 Å². The number of amides is 1. The van der Waals surface area contributed by atoms with Crippen LogP contribution in [0.25, 0.3) is 0 Å². The van der Waals surface area contributed by atoms with E-state index in [9.17, 15) is 18.0 Å². The molecule has 2 atom stereocenters. The van der Waals surface area contributed by atoms with Crippen LogP contribution in [0, 0.1) is 5.92 Å². The first-order valence-corrected chi connectivity index (χ1v) is 8.30. The molecule has 2 unspecified atom stereocenters. The van der Waals surface area contributed by atoms with Crippen molar-refractivity contribution in [3.63, 3.8) is 0 Å². The molecule has 0 spiro atoms. The first-order valence-electron chi connectivity index (χ1n) is 7.92. The van der Waals surface area contributed by atoms with Gasteiger partial charge in [-0.05, 0) is 47.7 Å². The van der Waals surface area contributed by atoms with Crippen molar-refractivity contribution < 1.29 is 18.0 Å². The van der Waals surface area contributed by atoms with Gasteiger partial charge in [-0.2, -0.15) is 13.2 Å². The van der Waals surface area contributed by atoms with Gasteiger partial charge in [-0.1, -0.05) is 35.9 Å². The summed E-state index contributed by atoms with van der Waals surface area (Å²) >= 11 is 5.95. The van der Waals surface area contributed by atoms with E-state index in [2.05, 4.69) is 0 Å². The largest absolute Gasteiger partial charge is 0.416 e. The molecule has 0 aliphatic heterocycles. The summed E-state index contributed by atoms with van der Waals surface area (Å²) in [6, 6.07) is 12.4. The fraction of sp³-hybridized carbons (Fsp3) is 0.316. The highest BCUT2D eigenvalue weighted by molar-refractivity contribution is 6.30. The number of carbonyl (C=O) groups is 1. The molecule has 0 bridgehead atoms. The zero-order valence-electron chi connectivity index (χ0n) is 13.6. The Balaban J connectivity index is 1.61. The van der Waals surface area contributed by atoms with Crippen LogP contribution in [0.4, 0.5) is 13.2 Å². The SMILES string of the molecule is CN(Cc1cccc(Cl)c1)C(=O)C1CC1c1ccc(C(F)(F)F)cc1. The summed E-state index contributed by atoms with van der Waals surface area (Å²) in [5, 5.41) is 0.618. The summed E-state index contributed by atoms with van der Waals surface area (Å²) in [6.07, 6.45) is -3.67. The van der Waals surface area contributed by atoms with Gasteiger partial charge >= 0.3 is 6.18 Å². The third-order valence-corrected chi connectivity index (χ3v) is 4.69. The Morgan fingerprint density at radius 2 is 1.88 bits per heavy atom. The topological polar surface area (TPSA) is 20.3 Å². The maximum absolute atomic E-state index is 12.6. The first kappa shape index (κ1) is 17.8. The van der Waals surface area contributed by atoms with Crippen molar-refractivity contribution in [2.75, 3.05) is 7.05 Å². The lowest BCUT2D eigenvalue weighted by Crippen LogP contribution is -2.28. The number of alkyl halides is 3. The number of hydrogen-bond acceptors (Lipinski definition) is 1. The van der Waals surface area contributed by atoms with Gasteiger partial charge in [0, 0.05) is 24.5 Å². The molecule has 2 aromatic carbocycles. The highest BCUT2D eigenvalue weighted by Gasteiger charge is 2.45. The first-order chi connectivity index (χ1) is 11.8. The van der Waals surface area contributed by atoms with E-state index in [0.29, 0.717) is 18.0 Å². The number of rotatable bonds is 4. The monoisotopic (exact) mass is 367 g/mol. The molecular formula is C19H17ClF3NO. The van der Waals surface area contributed by atoms with Gasteiger partial charge in [0.2, 0.25) is 5.91 Å². The molecule has 0 N–H and O–H groups in total. The molecule has 2 nitrogen and oxygen atoms in total. The van der Waals surface area contributed by atoms with E-state index in [4.69, 9.17) is 11.6 Å². The van der Waals surface area contributed by atoms with Gasteiger partial charge in [-0.3, -0.25) is 4.79 Å². The quantitative estimate of drug-likeness (QED) is 0.734. The molecule has 132 valence electrons. The molecule has 3 rings (SSSR count). The molecule has 1 amide bonds. The molecule has 1 fully saturated rings. The average Bonchev–Trinajstić information content (AvgIpc) is 3.34. The lowest BCUT2D eigenvalue weighted by molar-refractivity contribution is -0.137. The summed E-state index contributed by atoms with van der Waals surface area (Å²) in [7, 11) is 1.73. The smallest absolute Gasteiger partial charge is 0.341 e. The van der Waals surface area contributed by atoms with Crippen LogP contribution < -0.4 is 0 Å². The summed E-state index contributed by atoms with van der Waals surface area (Å²) in [4.78, 5) is 14.2. The average molecular weight is 368 g/mol. The van der Waals surface area contributed by atoms with Crippen molar-refractivity contribution in [1.29, 1.82) is 0 Å². The summed E-state index contributed by atoms with van der Waals surface area (Å²) < 4.78 is 37.8. The molecule has 1 aliphatic rings. The number of benzene rings is 2. The van der Waals surface area contributed by atoms with Crippen LogP contribution in [0.1, 0.15) is 29.0 Å². The Morgan fingerprint density at radius 3 is 2.48 bits per heavy atom. The molecule has 6 heteroatoms. The van der Waals surface area contributed by atoms with Crippen molar-refractivity contribution in [1.82, 2.24) is 4.90 Å². The summed E-state index contributed by atoms with van der Waals surface area (Å²) in [5.41, 5.74) is 1.05. The predicted molar refractivity (Wildman–Crippen MR) is 90.2 cm³/mol. The maximum Gasteiger partial charge on any atom is 0.416 e. The van der Waals surface area contributed by atoms with E-state index < -0.39 is 11.7 Å². The van der Waals surface area contributed by atoms with Crippen LogP contribution in [0.3, 0.4) is 0 Å². The number of halogens is 4. The van der Waals surface area contributed by atoms with Gasteiger partial charge in [0.1, 0.15) is 0 Å². The highest BCUT2D eigenvalue weighted by Crippen LogP contribution is 2.48. The van der Waals surface area contributed by atoms with Crippen molar-refractivity contribution in [2.45, 2.75) is 25.1 Å². The fourth-order valence-electron chi connectivity index (χ4n) is 3.03.